The van der Waals surface area contributed by atoms with Gasteiger partial charge in [0, 0.05) is 19.6 Å². The van der Waals surface area contributed by atoms with Gasteiger partial charge in [0.15, 0.2) is 0 Å². The molecule has 0 radical (unpaired) electrons. The molecule has 0 spiro atoms. The second-order valence-electron chi connectivity index (χ2n) is 9.34. The minimum absolute atomic E-state index is 0.105. The van der Waals surface area contributed by atoms with Gasteiger partial charge in [0.05, 0.1) is 6.54 Å². The molecule has 10 nitrogen and oxygen atoms in total. The lowest BCUT2D eigenvalue weighted by molar-refractivity contribution is -0.131. The minimum atomic E-state index is -0.635. The van der Waals surface area contributed by atoms with Crippen molar-refractivity contribution in [3.8, 4) is 0 Å². The molecule has 1 saturated heterocycles. The van der Waals surface area contributed by atoms with Crippen molar-refractivity contribution in [3.63, 3.8) is 0 Å². The Balaban J connectivity index is 2.22. The number of ether oxygens (including phenoxy) is 2. The van der Waals surface area contributed by atoms with Gasteiger partial charge in [0.2, 0.25) is 11.8 Å². The molecule has 0 aromatic rings. The summed E-state index contributed by atoms with van der Waals surface area (Å²) in [6.07, 6.45) is 0.244. The van der Waals surface area contributed by atoms with Crippen molar-refractivity contribution in [1.29, 1.82) is 0 Å². The molecule has 0 saturated carbocycles. The monoisotopic (exact) mass is 428 g/mol. The summed E-state index contributed by atoms with van der Waals surface area (Å²) in [5.74, 6) is -0.204. The Labute approximate surface area is 178 Å². The number of alkyl carbamates (subject to hydrolysis) is 2. The molecule has 1 fully saturated rings. The van der Waals surface area contributed by atoms with E-state index in [0.717, 1.165) is 12.8 Å². The first-order valence-electron chi connectivity index (χ1n) is 10.2. The summed E-state index contributed by atoms with van der Waals surface area (Å²) >= 11 is 0. The maximum Gasteiger partial charge on any atom is 0.408 e. The minimum Gasteiger partial charge on any atom is -0.444 e. The van der Waals surface area contributed by atoms with Gasteiger partial charge < -0.3 is 30.3 Å². The molecule has 0 aliphatic carbocycles. The molecule has 0 unspecified atom stereocenters. The van der Waals surface area contributed by atoms with Gasteiger partial charge in [0.1, 0.15) is 17.7 Å². The van der Waals surface area contributed by atoms with Crippen LogP contribution in [0.5, 0.6) is 0 Å². The maximum atomic E-state index is 12.2. The zero-order valence-corrected chi connectivity index (χ0v) is 18.9. The summed E-state index contributed by atoms with van der Waals surface area (Å²) in [5, 5.41) is 7.68. The standard InChI is InChI=1S/C20H36N4O6/c1-19(2,3)29-17(27)22-12-15(25)21-11-14-7-9-24(10-8-14)16(26)13-23-18(28)30-20(4,5)6/h14H,7-13H2,1-6H3,(H,21,25)(H,22,27)(H,23,28). The van der Waals surface area contributed by atoms with E-state index in [1.165, 1.54) is 0 Å². The van der Waals surface area contributed by atoms with Gasteiger partial charge in [-0.25, -0.2) is 9.59 Å². The second-order valence-corrected chi connectivity index (χ2v) is 9.34. The molecule has 172 valence electrons. The van der Waals surface area contributed by atoms with Gasteiger partial charge in [-0.2, -0.15) is 0 Å². The summed E-state index contributed by atoms with van der Waals surface area (Å²) in [6.45, 7) is 11.9. The van der Waals surface area contributed by atoms with Crippen LogP contribution >= 0.6 is 0 Å². The van der Waals surface area contributed by atoms with E-state index >= 15 is 0 Å². The van der Waals surface area contributed by atoms with E-state index in [4.69, 9.17) is 9.47 Å². The van der Waals surface area contributed by atoms with Crippen molar-refractivity contribution in [2.45, 2.75) is 65.6 Å². The molecule has 10 heteroatoms. The molecular formula is C20H36N4O6. The van der Waals surface area contributed by atoms with E-state index in [2.05, 4.69) is 16.0 Å². The van der Waals surface area contributed by atoms with E-state index in [9.17, 15) is 19.2 Å². The predicted octanol–water partition coefficient (Wildman–Crippen LogP) is 1.39. The number of hydrogen-bond acceptors (Lipinski definition) is 6. The zero-order chi connectivity index (χ0) is 22.9. The van der Waals surface area contributed by atoms with E-state index in [1.54, 1.807) is 46.4 Å². The first-order chi connectivity index (χ1) is 13.7. The normalized spacial score (nSPS) is 15.2. The van der Waals surface area contributed by atoms with Gasteiger partial charge in [-0.15, -0.1) is 0 Å². The fraction of sp³-hybridized carbons (Fsp3) is 0.800. The Morgan fingerprint density at radius 2 is 1.27 bits per heavy atom. The van der Waals surface area contributed by atoms with Crippen molar-refractivity contribution in [3.05, 3.63) is 0 Å². The van der Waals surface area contributed by atoms with Crippen molar-refractivity contribution < 1.29 is 28.7 Å². The molecule has 1 rings (SSSR count). The molecule has 0 aromatic carbocycles. The Morgan fingerprint density at radius 1 is 0.800 bits per heavy atom. The second kappa shape index (κ2) is 11.0. The molecule has 1 aliphatic rings. The number of piperidine rings is 1. The largest absolute Gasteiger partial charge is 0.444 e. The number of rotatable bonds is 6. The molecule has 0 atom stereocenters. The molecular weight excluding hydrogens is 392 g/mol. The van der Waals surface area contributed by atoms with Crippen LogP contribution in [0, 0.1) is 5.92 Å². The molecule has 0 bridgehead atoms. The Morgan fingerprint density at radius 3 is 1.73 bits per heavy atom. The summed E-state index contributed by atoms with van der Waals surface area (Å²) in [7, 11) is 0. The van der Waals surface area contributed by atoms with E-state index in [-0.39, 0.29) is 30.8 Å². The van der Waals surface area contributed by atoms with Crippen LogP contribution in [-0.2, 0) is 19.1 Å². The van der Waals surface area contributed by atoms with Crippen LogP contribution < -0.4 is 16.0 Å². The van der Waals surface area contributed by atoms with Crippen LogP contribution in [0.25, 0.3) is 0 Å². The fourth-order valence-corrected chi connectivity index (χ4v) is 2.75. The highest BCUT2D eigenvalue weighted by atomic mass is 16.6. The Bertz CT molecular complexity index is 616. The summed E-state index contributed by atoms with van der Waals surface area (Å²) in [6, 6.07) is 0. The van der Waals surface area contributed by atoms with Crippen LogP contribution in [0.15, 0.2) is 0 Å². The number of nitrogens with zero attached hydrogens (tertiary/aromatic N) is 1. The van der Waals surface area contributed by atoms with Gasteiger partial charge in [0.25, 0.3) is 0 Å². The Kier molecular flexibility index (Phi) is 9.38. The highest BCUT2D eigenvalue weighted by molar-refractivity contribution is 5.83. The molecule has 1 heterocycles. The first-order valence-corrected chi connectivity index (χ1v) is 10.2. The quantitative estimate of drug-likeness (QED) is 0.587. The van der Waals surface area contributed by atoms with E-state index < -0.39 is 23.4 Å². The average molecular weight is 429 g/mol. The molecule has 1 aliphatic heterocycles. The number of carbonyl (C=O) groups is 4. The lowest BCUT2D eigenvalue weighted by Gasteiger charge is -2.32. The van der Waals surface area contributed by atoms with Crippen molar-refractivity contribution in [2.75, 3.05) is 32.7 Å². The lowest BCUT2D eigenvalue weighted by Crippen LogP contribution is -2.46. The molecule has 30 heavy (non-hydrogen) atoms. The predicted molar refractivity (Wildman–Crippen MR) is 111 cm³/mol. The van der Waals surface area contributed by atoms with E-state index in [0.29, 0.717) is 19.6 Å². The van der Waals surface area contributed by atoms with Crippen LogP contribution in [0.3, 0.4) is 0 Å². The van der Waals surface area contributed by atoms with Crippen molar-refractivity contribution in [2.24, 2.45) is 5.92 Å². The number of nitrogens with one attached hydrogen (secondary N) is 3. The van der Waals surface area contributed by atoms with Gasteiger partial charge in [-0.05, 0) is 60.3 Å². The summed E-state index contributed by atoms with van der Waals surface area (Å²) in [5.41, 5.74) is -1.23. The average Bonchev–Trinajstić information content (AvgIpc) is 2.60. The topological polar surface area (TPSA) is 126 Å². The number of likely N-dealkylation sites (tertiary alicyclic amines) is 1. The first kappa shape index (κ1) is 25.5. The molecule has 3 N–H and O–H groups in total. The van der Waals surface area contributed by atoms with Crippen LogP contribution in [0.1, 0.15) is 54.4 Å². The summed E-state index contributed by atoms with van der Waals surface area (Å²) in [4.78, 5) is 49.0. The zero-order valence-electron chi connectivity index (χ0n) is 18.9. The van der Waals surface area contributed by atoms with Gasteiger partial charge in [-0.3, -0.25) is 9.59 Å². The SMILES string of the molecule is CC(C)(C)OC(=O)NCC(=O)NCC1CCN(C(=O)CNC(=O)OC(C)(C)C)CC1. The highest BCUT2D eigenvalue weighted by Gasteiger charge is 2.24. The van der Waals surface area contributed by atoms with E-state index in [1.807, 2.05) is 0 Å². The van der Waals surface area contributed by atoms with Crippen molar-refractivity contribution in [1.82, 2.24) is 20.9 Å². The summed E-state index contributed by atoms with van der Waals surface area (Å²) < 4.78 is 10.2. The van der Waals surface area contributed by atoms with Crippen molar-refractivity contribution >= 4 is 24.0 Å². The van der Waals surface area contributed by atoms with Gasteiger partial charge >= 0.3 is 12.2 Å². The maximum absolute atomic E-state index is 12.2. The number of carbonyl (C=O) groups excluding carboxylic acids is 4. The number of amides is 4. The van der Waals surface area contributed by atoms with Crippen LogP contribution in [0.4, 0.5) is 9.59 Å². The molecule has 4 amide bonds. The van der Waals surface area contributed by atoms with Crippen LogP contribution in [0.2, 0.25) is 0 Å². The highest BCUT2D eigenvalue weighted by Crippen LogP contribution is 2.16. The Hall–Kier alpha value is -2.52. The fourth-order valence-electron chi connectivity index (χ4n) is 2.75. The molecule has 0 aromatic heterocycles. The third-order valence-electron chi connectivity index (χ3n) is 4.13. The van der Waals surface area contributed by atoms with Crippen LogP contribution in [-0.4, -0.2) is 72.8 Å². The third kappa shape index (κ3) is 11.5. The lowest BCUT2D eigenvalue weighted by atomic mass is 9.96. The number of hydrogen-bond donors (Lipinski definition) is 3. The van der Waals surface area contributed by atoms with Gasteiger partial charge in [-0.1, -0.05) is 0 Å². The third-order valence-corrected chi connectivity index (χ3v) is 4.13. The smallest absolute Gasteiger partial charge is 0.408 e.